The van der Waals surface area contributed by atoms with Crippen LogP contribution in [0.25, 0.3) is 0 Å². The molecule has 0 N–H and O–H groups in total. The molecule has 0 aromatic carbocycles. The van der Waals surface area contributed by atoms with Crippen LogP contribution in [0.5, 0.6) is 0 Å². The molecule has 6 nitrogen and oxygen atoms in total. The second-order valence-electron chi connectivity index (χ2n) is 9.73. The summed E-state index contributed by atoms with van der Waals surface area (Å²) in [5.74, 6) is 1.81. The van der Waals surface area contributed by atoms with Crippen molar-refractivity contribution in [2.24, 2.45) is 7.05 Å². The Hall–Kier alpha value is -1.56. The van der Waals surface area contributed by atoms with E-state index in [-0.39, 0.29) is 11.6 Å². The predicted octanol–water partition coefficient (Wildman–Crippen LogP) is 3.53. The Morgan fingerprint density at radius 3 is 2.52 bits per heavy atom. The number of nitrogens with zero attached hydrogens (tertiary/aromatic N) is 4. The van der Waals surface area contributed by atoms with E-state index < -0.39 is 5.60 Å². The van der Waals surface area contributed by atoms with Crippen molar-refractivity contribution in [1.82, 2.24) is 19.4 Å². The quantitative estimate of drug-likeness (QED) is 0.795. The fourth-order valence-electron chi connectivity index (χ4n) is 5.33. The van der Waals surface area contributed by atoms with Crippen LogP contribution in [0.15, 0.2) is 12.4 Å². The molecule has 0 atom stereocenters. The zero-order valence-corrected chi connectivity index (χ0v) is 17.3. The Kier molecular flexibility index (Phi) is 4.73. The third-order valence-corrected chi connectivity index (χ3v) is 6.71. The van der Waals surface area contributed by atoms with Gasteiger partial charge in [-0.2, -0.15) is 0 Å². The van der Waals surface area contributed by atoms with E-state index in [0.717, 1.165) is 45.3 Å². The predicted molar refractivity (Wildman–Crippen MR) is 105 cm³/mol. The molecule has 3 heterocycles. The van der Waals surface area contributed by atoms with Crippen molar-refractivity contribution in [1.29, 1.82) is 0 Å². The van der Waals surface area contributed by atoms with Crippen LogP contribution in [-0.2, 0) is 11.8 Å². The van der Waals surface area contributed by atoms with Crippen molar-refractivity contribution >= 4 is 6.09 Å². The number of rotatable bonds is 2. The number of ether oxygens (including phenoxy) is 1. The standard InChI is InChI=1S/C21H34N4O2/c1-20(2,3)27-19(26)25-10-5-8-21(25)14-17(15-21)24-11-6-16(7-12-24)18-22-9-13-23(18)4/h9,13,16-17H,5-8,10-12,14-15H2,1-4H3. The van der Waals surface area contributed by atoms with Gasteiger partial charge in [0.2, 0.25) is 0 Å². The van der Waals surface area contributed by atoms with Crippen molar-refractivity contribution in [3.8, 4) is 0 Å². The van der Waals surface area contributed by atoms with Crippen LogP contribution in [0.1, 0.15) is 71.0 Å². The van der Waals surface area contributed by atoms with Crippen LogP contribution >= 0.6 is 0 Å². The summed E-state index contributed by atoms with van der Waals surface area (Å²) in [6.07, 6.45) is 10.7. The van der Waals surface area contributed by atoms with Gasteiger partial charge < -0.3 is 19.1 Å². The van der Waals surface area contributed by atoms with Gasteiger partial charge in [-0.1, -0.05) is 0 Å². The van der Waals surface area contributed by atoms with Crippen molar-refractivity contribution in [3.05, 3.63) is 18.2 Å². The number of imidazole rings is 1. The summed E-state index contributed by atoms with van der Waals surface area (Å²) in [6, 6.07) is 0.621. The van der Waals surface area contributed by atoms with Gasteiger partial charge in [-0.25, -0.2) is 9.78 Å². The zero-order chi connectivity index (χ0) is 19.2. The molecule has 2 saturated heterocycles. The second kappa shape index (κ2) is 6.80. The minimum Gasteiger partial charge on any atom is -0.444 e. The molecule has 1 aromatic heterocycles. The van der Waals surface area contributed by atoms with Crippen LogP contribution in [0, 0.1) is 0 Å². The van der Waals surface area contributed by atoms with E-state index in [1.165, 1.54) is 18.7 Å². The number of hydrogen-bond donors (Lipinski definition) is 0. The van der Waals surface area contributed by atoms with Gasteiger partial charge in [-0.05, 0) is 72.4 Å². The van der Waals surface area contributed by atoms with Gasteiger partial charge in [0.25, 0.3) is 0 Å². The highest BCUT2D eigenvalue weighted by atomic mass is 16.6. The van der Waals surface area contributed by atoms with E-state index in [1.807, 2.05) is 38.1 Å². The molecule has 1 spiro atoms. The second-order valence-corrected chi connectivity index (χ2v) is 9.73. The van der Waals surface area contributed by atoms with Crippen LogP contribution < -0.4 is 0 Å². The molecule has 0 bridgehead atoms. The van der Waals surface area contributed by atoms with Gasteiger partial charge in [-0.15, -0.1) is 0 Å². The first-order valence-corrected chi connectivity index (χ1v) is 10.5. The normalized spacial score (nSPS) is 29.9. The van der Waals surface area contributed by atoms with E-state index in [9.17, 15) is 4.79 Å². The first-order valence-electron chi connectivity index (χ1n) is 10.5. The molecule has 1 aliphatic carbocycles. The maximum absolute atomic E-state index is 12.6. The Morgan fingerprint density at radius 1 is 1.22 bits per heavy atom. The van der Waals surface area contributed by atoms with Crippen molar-refractivity contribution < 1.29 is 9.53 Å². The number of amides is 1. The van der Waals surface area contributed by atoms with Gasteiger partial charge >= 0.3 is 6.09 Å². The lowest BCUT2D eigenvalue weighted by Gasteiger charge is -2.55. The monoisotopic (exact) mass is 374 g/mol. The number of aryl methyl sites for hydroxylation is 1. The molecule has 1 saturated carbocycles. The van der Waals surface area contributed by atoms with E-state index in [4.69, 9.17) is 4.74 Å². The summed E-state index contributed by atoms with van der Waals surface area (Å²) in [4.78, 5) is 21.9. The van der Waals surface area contributed by atoms with Gasteiger partial charge in [0, 0.05) is 43.5 Å². The molecule has 4 rings (SSSR count). The number of piperidine rings is 1. The number of carbonyl (C=O) groups excluding carboxylic acids is 1. The van der Waals surface area contributed by atoms with Gasteiger partial charge in [0.05, 0.1) is 0 Å². The topological polar surface area (TPSA) is 50.6 Å². The number of carbonyl (C=O) groups is 1. The fourth-order valence-corrected chi connectivity index (χ4v) is 5.33. The third-order valence-electron chi connectivity index (χ3n) is 6.71. The molecular formula is C21H34N4O2. The molecule has 150 valence electrons. The minimum atomic E-state index is -0.420. The first-order chi connectivity index (χ1) is 12.8. The molecule has 0 radical (unpaired) electrons. The molecule has 1 aromatic rings. The fraction of sp³-hybridized carbons (Fsp3) is 0.810. The summed E-state index contributed by atoms with van der Waals surface area (Å²) >= 11 is 0. The smallest absolute Gasteiger partial charge is 0.410 e. The lowest BCUT2D eigenvalue weighted by Crippen LogP contribution is -2.63. The van der Waals surface area contributed by atoms with Gasteiger partial charge in [0.1, 0.15) is 11.4 Å². The summed E-state index contributed by atoms with van der Waals surface area (Å²) in [6.45, 7) is 8.98. The van der Waals surface area contributed by atoms with Crippen LogP contribution in [0.3, 0.4) is 0 Å². The zero-order valence-electron chi connectivity index (χ0n) is 17.3. The van der Waals surface area contributed by atoms with Crippen molar-refractivity contribution in [2.75, 3.05) is 19.6 Å². The number of hydrogen-bond acceptors (Lipinski definition) is 4. The summed E-state index contributed by atoms with van der Waals surface area (Å²) in [5.41, 5.74) is -0.361. The molecular weight excluding hydrogens is 340 g/mol. The van der Waals surface area contributed by atoms with E-state index >= 15 is 0 Å². The first kappa shape index (κ1) is 18.8. The average Bonchev–Trinajstić information content (AvgIpc) is 3.18. The molecule has 3 aliphatic rings. The SMILES string of the molecule is Cn1ccnc1C1CCN(C2CC3(CCCN3C(=O)OC(C)(C)C)C2)CC1. The average molecular weight is 375 g/mol. The van der Waals surface area contributed by atoms with Gasteiger partial charge in [0.15, 0.2) is 0 Å². The van der Waals surface area contributed by atoms with Crippen LogP contribution in [0.2, 0.25) is 0 Å². The van der Waals surface area contributed by atoms with E-state index in [1.54, 1.807) is 0 Å². The minimum absolute atomic E-state index is 0.0590. The van der Waals surface area contributed by atoms with Crippen molar-refractivity contribution in [3.63, 3.8) is 0 Å². The van der Waals surface area contributed by atoms with Gasteiger partial charge in [-0.3, -0.25) is 0 Å². The van der Waals surface area contributed by atoms with Crippen molar-refractivity contribution in [2.45, 2.75) is 82.4 Å². The summed E-state index contributed by atoms with van der Waals surface area (Å²) in [7, 11) is 2.09. The molecule has 0 unspecified atom stereocenters. The molecule has 1 amide bonds. The third kappa shape index (κ3) is 3.60. The Morgan fingerprint density at radius 2 is 1.93 bits per heavy atom. The molecule has 3 fully saturated rings. The summed E-state index contributed by atoms with van der Waals surface area (Å²) < 4.78 is 7.83. The highest BCUT2D eigenvalue weighted by molar-refractivity contribution is 5.70. The molecule has 2 aliphatic heterocycles. The number of aromatic nitrogens is 2. The number of likely N-dealkylation sites (tertiary alicyclic amines) is 2. The maximum Gasteiger partial charge on any atom is 0.410 e. The van der Waals surface area contributed by atoms with E-state index in [2.05, 4.69) is 21.5 Å². The Bertz CT molecular complexity index is 679. The largest absolute Gasteiger partial charge is 0.444 e. The lowest BCUT2D eigenvalue weighted by molar-refractivity contribution is -0.0478. The molecule has 27 heavy (non-hydrogen) atoms. The highest BCUT2D eigenvalue weighted by Crippen LogP contribution is 2.48. The maximum atomic E-state index is 12.6. The van der Waals surface area contributed by atoms with Crippen LogP contribution in [0.4, 0.5) is 4.79 Å². The molecule has 6 heteroatoms. The summed E-state index contributed by atoms with van der Waals surface area (Å²) in [5, 5.41) is 0. The highest BCUT2D eigenvalue weighted by Gasteiger charge is 2.55. The van der Waals surface area contributed by atoms with E-state index in [0.29, 0.717) is 12.0 Å². The lowest BCUT2D eigenvalue weighted by atomic mass is 9.69. The van der Waals surface area contributed by atoms with Crippen LogP contribution in [-0.4, -0.2) is 62.3 Å². The Labute approximate surface area is 162 Å². The Balaban J connectivity index is 1.31.